The lowest BCUT2D eigenvalue weighted by Gasteiger charge is -2.29. The molecule has 1 aromatic carbocycles. The van der Waals surface area contributed by atoms with Crippen LogP contribution >= 0.6 is 0 Å². The van der Waals surface area contributed by atoms with Gasteiger partial charge >= 0.3 is 0 Å². The van der Waals surface area contributed by atoms with Gasteiger partial charge in [0.15, 0.2) is 0 Å². The van der Waals surface area contributed by atoms with Crippen LogP contribution in [-0.4, -0.2) is 11.6 Å². The Balaban J connectivity index is 1.79. The van der Waals surface area contributed by atoms with E-state index in [0.717, 1.165) is 25.3 Å². The molecular weight excluding hydrogens is 260 g/mol. The Bertz CT molecular complexity index is 595. The maximum atomic E-state index is 5.95. The molecule has 1 unspecified atom stereocenters. The van der Waals surface area contributed by atoms with E-state index in [4.69, 9.17) is 4.74 Å². The molecule has 1 N–H and O–H groups in total. The summed E-state index contributed by atoms with van der Waals surface area (Å²) in [5.74, 6) is 1.57. The van der Waals surface area contributed by atoms with Gasteiger partial charge in [-0.1, -0.05) is 32.0 Å². The van der Waals surface area contributed by atoms with Crippen molar-refractivity contribution < 1.29 is 4.74 Å². The van der Waals surface area contributed by atoms with E-state index in [0.29, 0.717) is 12.0 Å². The van der Waals surface area contributed by atoms with E-state index in [1.54, 1.807) is 0 Å². The highest BCUT2D eigenvalue weighted by atomic mass is 16.5. The van der Waals surface area contributed by atoms with Crippen molar-refractivity contribution in [1.29, 1.82) is 0 Å². The van der Waals surface area contributed by atoms with Crippen molar-refractivity contribution in [2.45, 2.75) is 38.8 Å². The van der Waals surface area contributed by atoms with Gasteiger partial charge in [0.2, 0.25) is 0 Å². The minimum absolute atomic E-state index is 0.362. The first kappa shape index (κ1) is 14.1. The molecule has 21 heavy (non-hydrogen) atoms. The van der Waals surface area contributed by atoms with Crippen LogP contribution in [0.3, 0.4) is 0 Å². The summed E-state index contributed by atoms with van der Waals surface area (Å²) in [6.45, 7) is 6.07. The fourth-order valence-electron chi connectivity index (χ4n) is 2.86. The van der Waals surface area contributed by atoms with Crippen molar-refractivity contribution in [3.8, 4) is 5.75 Å². The highest BCUT2D eigenvalue weighted by Gasteiger charge is 2.23. The van der Waals surface area contributed by atoms with Crippen molar-refractivity contribution in [3.05, 3.63) is 59.4 Å². The lowest BCUT2D eigenvalue weighted by atomic mass is 9.93. The summed E-state index contributed by atoms with van der Waals surface area (Å²) < 4.78 is 5.95. The van der Waals surface area contributed by atoms with Crippen LogP contribution in [0.25, 0.3) is 0 Å². The van der Waals surface area contributed by atoms with Crippen molar-refractivity contribution in [1.82, 2.24) is 10.3 Å². The number of pyridine rings is 1. The Morgan fingerprint density at radius 2 is 2.05 bits per heavy atom. The second-order valence-corrected chi connectivity index (χ2v) is 5.85. The Labute approximate surface area is 126 Å². The molecule has 3 rings (SSSR count). The smallest absolute Gasteiger partial charge is 0.127 e. The van der Waals surface area contributed by atoms with Gasteiger partial charge in [0.1, 0.15) is 5.75 Å². The molecular formula is C18H22N2O. The molecule has 110 valence electrons. The molecule has 0 spiro atoms. The number of hydrogen-bond donors (Lipinski definition) is 1. The van der Waals surface area contributed by atoms with Crippen LogP contribution in [0, 0.1) is 0 Å². The molecule has 3 nitrogen and oxygen atoms in total. The number of aromatic nitrogens is 1. The number of fused-ring (bicyclic) bond motifs is 1. The first-order chi connectivity index (χ1) is 10.3. The van der Waals surface area contributed by atoms with Crippen LogP contribution in [0.1, 0.15) is 48.9 Å². The molecule has 2 heterocycles. The Kier molecular flexibility index (Phi) is 4.20. The first-order valence-corrected chi connectivity index (χ1v) is 7.63. The van der Waals surface area contributed by atoms with E-state index in [9.17, 15) is 0 Å². The van der Waals surface area contributed by atoms with Crippen LogP contribution in [-0.2, 0) is 6.54 Å². The second-order valence-electron chi connectivity index (χ2n) is 5.85. The van der Waals surface area contributed by atoms with Crippen LogP contribution < -0.4 is 10.1 Å². The van der Waals surface area contributed by atoms with Gasteiger partial charge in [0.05, 0.1) is 6.61 Å². The summed E-state index contributed by atoms with van der Waals surface area (Å²) in [4.78, 5) is 4.06. The Hall–Kier alpha value is -1.87. The predicted molar refractivity (Wildman–Crippen MR) is 84.5 cm³/mol. The molecule has 0 saturated heterocycles. The van der Waals surface area contributed by atoms with E-state index in [1.807, 2.05) is 12.4 Å². The standard InChI is InChI=1S/C18H22N2O/c1-13(2)15-4-3-5-16-17(8-11-21-18(15)16)20-12-14-6-9-19-10-7-14/h3-7,9-10,13,17,20H,8,11-12H2,1-2H3. The summed E-state index contributed by atoms with van der Waals surface area (Å²) in [5.41, 5.74) is 3.86. The molecule has 0 radical (unpaired) electrons. The molecule has 0 amide bonds. The van der Waals surface area contributed by atoms with Crippen molar-refractivity contribution in [2.24, 2.45) is 0 Å². The third kappa shape index (κ3) is 3.08. The molecule has 0 aliphatic carbocycles. The Morgan fingerprint density at radius 1 is 1.24 bits per heavy atom. The van der Waals surface area contributed by atoms with E-state index in [2.05, 4.69) is 54.5 Å². The topological polar surface area (TPSA) is 34.1 Å². The molecule has 0 bridgehead atoms. The van der Waals surface area contributed by atoms with Crippen LogP contribution in [0.4, 0.5) is 0 Å². The maximum Gasteiger partial charge on any atom is 0.127 e. The van der Waals surface area contributed by atoms with Gasteiger partial charge in [-0.15, -0.1) is 0 Å². The normalized spacial score (nSPS) is 17.4. The molecule has 0 saturated carbocycles. The molecule has 0 fully saturated rings. The average Bonchev–Trinajstić information content (AvgIpc) is 2.53. The van der Waals surface area contributed by atoms with Gasteiger partial charge < -0.3 is 10.1 Å². The summed E-state index contributed by atoms with van der Waals surface area (Å²) in [6, 6.07) is 11.0. The highest BCUT2D eigenvalue weighted by Crippen LogP contribution is 2.38. The average molecular weight is 282 g/mol. The van der Waals surface area contributed by atoms with Crippen LogP contribution in [0.2, 0.25) is 0 Å². The zero-order chi connectivity index (χ0) is 14.7. The summed E-state index contributed by atoms with van der Waals surface area (Å²) in [6.07, 6.45) is 4.69. The predicted octanol–water partition coefficient (Wildman–Crippen LogP) is 3.82. The number of rotatable bonds is 4. The van der Waals surface area contributed by atoms with Crippen molar-refractivity contribution in [2.75, 3.05) is 6.61 Å². The number of nitrogens with zero attached hydrogens (tertiary/aromatic N) is 1. The van der Waals surface area contributed by atoms with E-state index >= 15 is 0 Å². The summed E-state index contributed by atoms with van der Waals surface area (Å²) in [7, 11) is 0. The third-order valence-electron chi connectivity index (χ3n) is 4.03. The van der Waals surface area contributed by atoms with Crippen LogP contribution in [0.15, 0.2) is 42.7 Å². The first-order valence-electron chi connectivity index (χ1n) is 7.63. The molecule has 1 aliphatic heterocycles. The summed E-state index contributed by atoms with van der Waals surface area (Å²) in [5, 5.41) is 3.65. The maximum absolute atomic E-state index is 5.95. The van der Waals surface area contributed by atoms with Gasteiger partial charge in [0.25, 0.3) is 0 Å². The fourth-order valence-corrected chi connectivity index (χ4v) is 2.86. The van der Waals surface area contributed by atoms with E-state index in [-0.39, 0.29) is 0 Å². The molecule has 1 atom stereocenters. The number of ether oxygens (including phenoxy) is 1. The van der Waals surface area contributed by atoms with E-state index < -0.39 is 0 Å². The van der Waals surface area contributed by atoms with Gasteiger partial charge in [-0.25, -0.2) is 0 Å². The SMILES string of the molecule is CC(C)c1cccc2c1OCCC2NCc1ccncc1. The number of benzene rings is 1. The quantitative estimate of drug-likeness (QED) is 0.925. The Morgan fingerprint density at radius 3 is 2.81 bits per heavy atom. The van der Waals surface area contributed by atoms with Gasteiger partial charge in [0, 0.05) is 37.0 Å². The largest absolute Gasteiger partial charge is 0.493 e. The van der Waals surface area contributed by atoms with E-state index in [1.165, 1.54) is 16.7 Å². The second kappa shape index (κ2) is 6.27. The molecule has 2 aromatic rings. The molecule has 1 aromatic heterocycles. The third-order valence-corrected chi connectivity index (χ3v) is 4.03. The van der Waals surface area contributed by atoms with Crippen molar-refractivity contribution >= 4 is 0 Å². The fraction of sp³-hybridized carbons (Fsp3) is 0.389. The zero-order valence-electron chi connectivity index (χ0n) is 12.7. The van der Waals surface area contributed by atoms with Gasteiger partial charge in [-0.05, 0) is 29.2 Å². The number of nitrogens with one attached hydrogen (secondary N) is 1. The summed E-state index contributed by atoms with van der Waals surface area (Å²) >= 11 is 0. The molecule has 3 heteroatoms. The number of hydrogen-bond acceptors (Lipinski definition) is 3. The zero-order valence-corrected chi connectivity index (χ0v) is 12.7. The molecule has 1 aliphatic rings. The lowest BCUT2D eigenvalue weighted by Crippen LogP contribution is -2.27. The minimum Gasteiger partial charge on any atom is -0.493 e. The van der Waals surface area contributed by atoms with Crippen LogP contribution in [0.5, 0.6) is 5.75 Å². The van der Waals surface area contributed by atoms with Crippen molar-refractivity contribution in [3.63, 3.8) is 0 Å². The van der Waals surface area contributed by atoms with Gasteiger partial charge in [-0.2, -0.15) is 0 Å². The monoisotopic (exact) mass is 282 g/mol. The lowest BCUT2D eigenvalue weighted by molar-refractivity contribution is 0.249. The van der Waals surface area contributed by atoms with Gasteiger partial charge in [-0.3, -0.25) is 4.98 Å². The number of para-hydroxylation sites is 1. The highest BCUT2D eigenvalue weighted by molar-refractivity contribution is 5.46. The minimum atomic E-state index is 0.362.